The fourth-order valence-electron chi connectivity index (χ4n) is 3.78. The van der Waals surface area contributed by atoms with Crippen molar-refractivity contribution in [3.05, 3.63) is 95.1 Å². The summed E-state index contributed by atoms with van der Waals surface area (Å²) >= 11 is 0. The molecule has 3 aromatic carbocycles. The van der Waals surface area contributed by atoms with Crippen LogP contribution < -0.4 is 9.64 Å². The first-order valence-electron chi connectivity index (χ1n) is 10.1. The molecular formula is C25H19F2NO5. The summed E-state index contributed by atoms with van der Waals surface area (Å²) in [6.07, 6.45) is 0. The van der Waals surface area contributed by atoms with Gasteiger partial charge in [0.05, 0.1) is 23.9 Å². The lowest BCUT2D eigenvalue weighted by atomic mass is 9.95. The molecule has 8 heteroatoms. The van der Waals surface area contributed by atoms with Crippen molar-refractivity contribution < 1.29 is 33.3 Å². The van der Waals surface area contributed by atoms with E-state index in [1.807, 2.05) is 0 Å². The highest BCUT2D eigenvalue weighted by atomic mass is 19.1. The average Bonchev–Trinajstić information content (AvgIpc) is 3.05. The molecule has 0 aromatic heterocycles. The molecule has 0 saturated carbocycles. The number of carbonyl (C=O) groups excluding carboxylic acids is 2. The number of nitrogens with zero attached hydrogens (tertiary/aromatic N) is 1. The van der Waals surface area contributed by atoms with Crippen LogP contribution in [-0.2, 0) is 9.59 Å². The third-order valence-corrected chi connectivity index (χ3v) is 5.24. The molecule has 1 aliphatic heterocycles. The summed E-state index contributed by atoms with van der Waals surface area (Å²) in [6.45, 7) is 2.17. The molecule has 1 amide bonds. The fourth-order valence-corrected chi connectivity index (χ4v) is 3.78. The Kier molecular flexibility index (Phi) is 5.83. The zero-order valence-corrected chi connectivity index (χ0v) is 17.5. The summed E-state index contributed by atoms with van der Waals surface area (Å²) in [5, 5.41) is 20.8. The molecule has 0 spiro atoms. The van der Waals surface area contributed by atoms with Gasteiger partial charge in [0.2, 0.25) is 0 Å². The molecule has 3 aromatic rings. The molecular weight excluding hydrogens is 432 g/mol. The van der Waals surface area contributed by atoms with Crippen molar-refractivity contribution in [2.24, 2.45) is 0 Å². The highest BCUT2D eigenvalue weighted by Gasteiger charge is 2.47. The lowest BCUT2D eigenvalue weighted by molar-refractivity contribution is -0.132. The summed E-state index contributed by atoms with van der Waals surface area (Å²) in [4.78, 5) is 26.9. The first kappa shape index (κ1) is 22.0. The number of rotatable bonds is 5. The van der Waals surface area contributed by atoms with Crippen molar-refractivity contribution in [3.8, 4) is 11.5 Å². The minimum absolute atomic E-state index is 0.0620. The lowest BCUT2D eigenvalue weighted by Gasteiger charge is -2.25. The van der Waals surface area contributed by atoms with E-state index in [0.29, 0.717) is 24.0 Å². The molecule has 0 aliphatic carbocycles. The van der Waals surface area contributed by atoms with Crippen molar-refractivity contribution in [1.29, 1.82) is 0 Å². The van der Waals surface area contributed by atoms with E-state index in [1.54, 1.807) is 19.1 Å². The van der Waals surface area contributed by atoms with Crippen LogP contribution in [0.5, 0.6) is 11.5 Å². The largest absolute Gasteiger partial charge is 0.508 e. The number of anilines is 1. The molecule has 1 fully saturated rings. The first-order chi connectivity index (χ1) is 15.8. The van der Waals surface area contributed by atoms with Gasteiger partial charge in [0.15, 0.2) is 0 Å². The Morgan fingerprint density at radius 3 is 2.42 bits per heavy atom. The third-order valence-electron chi connectivity index (χ3n) is 5.24. The Morgan fingerprint density at radius 1 is 1.03 bits per heavy atom. The van der Waals surface area contributed by atoms with Crippen molar-refractivity contribution in [1.82, 2.24) is 0 Å². The summed E-state index contributed by atoms with van der Waals surface area (Å²) in [6, 6.07) is 13.3. The minimum atomic E-state index is -1.22. The van der Waals surface area contributed by atoms with Gasteiger partial charge in [-0.1, -0.05) is 24.3 Å². The zero-order chi connectivity index (χ0) is 23.7. The van der Waals surface area contributed by atoms with Crippen molar-refractivity contribution in [2.45, 2.75) is 13.0 Å². The molecule has 6 nitrogen and oxygen atoms in total. The fraction of sp³-hybridized carbons (Fsp3) is 0.120. The predicted molar refractivity (Wildman–Crippen MR) is 117 cm³/mol. The topological polar surface area (TPSA) is 87.1 Å². The summed E-state index contributed by atoms with van der Waals surface area (Å²) < 4.78 is 33.6. The lowest BCUT2D eigenvalue weighted by Crippen LogP contribution is -2.30. The van der Waals surface area contributed by atoms with Crippen LogP contribution in [-0.4, -0.2) is 28.5 Å². The number of Topliss-reactive ketones (excluding diaryl/α,β-unsaturated/α-hetero) is 1. The average molecular weight is 451 g/mol. The van der Waals surface area contributed by atoms with Gasteiger partial charge < -0.3 is 14.9 Å². The van der Waals surface area contributed by atoms with Gasteiger partial charge in [0.25, 0.3) is 11.7 Å². The summed E-state index contributed by atoms with van der Waals surface area (Å²) in [7, 11) is 0. The quantitative estimate of drug-likeness (QED) is 0.334. The standard InChI is InChI=1S/C25H19F2NO5/c1-2-33-18-5-3-4-15(12-18)23(30)21-22(14-6-9-17(29)10-7-14)28(25(32)24(21)31)20-11-8-16(26)13-19(20)27/h3-13,22,29-30H,2H2,1H3/b23-21+. The molecule has 33 heavy (non-hydrogen) atoms. The second-order valence-corrected chi connectivity index (χ2v) is 7.32. The number of ether oxygens (including phenoxy) is 1. The molecule has 168 valence electrons. The number of hydrogen-bond donors (Lipinski definition) is 2. The Morgan fingerprint density at radius 2 is 1.76 bits per heavy atom. The third kappa shape index (κ3) is 4.03. The number of carbonyl (C=O) groups is 2. The van der Waals surface area contributed by atoms with E-state index in [-0.39, 0.29) is 22.6 Å². The van der Waals surface area contributed by atoms with Gasteiger partial charge in [-0.15, -0.1) is 0 Å². The van der Waals surface area contributed by atoms with Crippen molar-refractivity contribution >= 4 is 23.1 Å². The molecule has 2 N–H and O–H groups in total. The molecule has 1 heterocycles. The number of benzene rings is 3. The molecule has 1 atom stereocenters. The zero-order valence-electron chi connectivity index (χ0n) is 17.5. The van der Waals surface area contributed by atoms with Crippen LogP contribution in [0.2, 0.25) is 0 Å². The van der Waals surface area contributed by atoms with Crippen molar-refractivity contribution in [3.63, 3.8) is 0 Å². The number of hydrogen-bond acceptors (Lipinski definition) is 5. The summed E-state index contributed by atoms with van der Waals surface area (Å²) in [5.74, 6) is -4.09. The second-order valence-electron chi connectivity index (χ2n) is 7.32. The van der Waals surface area contributed by atoms with Gasteiger partial charge >= 0.3 is 0 Å². The van der Waals surface area contributed by atoms with Gasteiger partial charge in [-0.3, -0.25) is 14.5 Å². The van der Waals surface area contributed by atoms with Crippen LogP contribution in [0.1, 0.15) is 24.1 Å². The van der Waals surface area contributed by atoms with Crippen LogP contribution in [0.3, 0.4) is 0 Å². The van der Waals surface area contributed by atoms with E-state index in [0.717, 1.165) is 17.0 Å². The number of aliphatic hydroxyl groups excluding tert-OH is 1. The Bertz CT molecular complexity index is 1270. The SMILES string of the molecule is CCOc1cccc(/C(O)=C2\C(=O)C(=O)N(c3ccc(F)cc3F)C2c2ccc(O)cc2)c1. The van der Waals surface area contributed by atoms with E-state index in [2.05, 4.69) is 0 Å². The Labute approximate surface area is 188 Å². The maximum Gasteiger partial charge on any atom is 0.300 e. The monoisotopic (exact) mass is 451 g/mol. The van der Waals surface area contributed by atoms with E-state index < -0.39 is 35.1 Å². The van der Waals surface area contributed by atoms with E-state index in [4.69, 9.17) is 4.74 Å². The Hall–Kier alpha value is -4.20. The maximum atomic E-state index is 14.7. The highest BCUT2D eigenvalue weighted by molar-refractivity contribution is 6.51. The molecule has 1 saturated heterocycles. The number of phenolic OH excluding ortho intramolecular Hbond substituents is 1. The van der Waals surface area contributed by atoms with Crippen molar-refractivity contribution in [2.75, 3.05) is 11.5 Å². The van der Waals surface area contributed by atoms with Gasteiger partial charge in [0.1, 0.15) is 28.9 Å². The van der Waals surface area contributed by atoms with Crippen LogP contribution >= 0.6 is 0 Å². The van der Waals surface area contributed by atoms with Gasteiger partial charge in [-0.25, -0.2) is 8.78 Å². The molecule has 0 radical (unpaired) electrons. The van der Waals surface area contributed by atoms with Crippen LogP contribution in [0.4, 0.5) is 14.5 Å². The highest BCUT2D eigenvalue weighted by Crippen LogP contribution is 2.43. The normalized spacial score (nSPS) is 17.4. The smallest absolute Gasteiger partial charge is 0.300 e. The van der Waals surface area contributed by atoms with Gasteiger partial charge in [0, 0.05) is 11.6 Å². The predicted octanol–water partition coefficient (Wildman–Crippen LogP) is 4.70. The van der Waals surface area contributed by atoms with Crippen LogP contribution in [0, 0.1) is 11.6 Å². The van der Waals surface area contributed by atoms with Crippen LogP contribution in [0.15, 0.2) is 72.3 Å². The first-order valence-corrected chi connectivity index (χ1v) is 10.1. The molecule has 0 bridgehead atoms. The number of halogens is 2. The second kappa shape index (κ2) is 8.74. The van der Waals surface area contributed by atoms with E-state index >= 15 is 0 Å². The summed E-state index contributed by atoms with van der Waals surface area (Å²) in [5.41, 5.74) is -0.0395. The number of aliphatic hydroxyl groups is 1. The van der Waals surface area contributed by atoms with E-state index in [1.165, 1.54) is 36.4 Å². The number of aromatic hydroxyl groups is 1. The molecule has 1 aliphatic rings. The van der Waals surface area contributed by atoms with Gasteiger partial charge in [-0.05, 0) is 48.9 Å². The van der Waals surface area contributed by atoms with E-state index in [9.17, 15) is 28.6 Å². The van der Waals surface area contributed by atoms with Crippen LogP contribution in [0.25, 0.3) is 5.76 Å². The number of phenols is 1. The van der Waals surface area contributed by atoms with Gasteiger partial charge in [-0.2, -0.15) is 0 Å². The maximum absolute atomic E-state index is 14.7. The minimum Gasteiger partial charge on any atom is -0.508 e. The number of ketones is 1. The molecule has 1 unspecified atom stereocenters. The number of amides is 1. The molecule has 4 rings (SSSR count). The Balaban J connectivity index is 1.94.